The van der Waals surface area contributed by atoms with E-state index in [9.17, 15) is 0 Å². The maximum absolute atomic E-state index is 9.08. The lowest BCUT2D eigenvalue weighted by molar-refractivity contribution is -0.0712. The number of methoxy groups -OCH3 is 2. The van der Waals surface area contributed by atoms with Crippen molar-refractivity contribution in [3.63, 3.8) is 0 Å². The third kappa shape index (κ3) is 3.69. The molecule has 0 aromatic heterocycles. The highest BCUT2D eigenvalue weighted by Gasteiger charge is 2.11. The molecule has 0 spiro atoms. The zero-order chi connectivity index (χ0) is 13.5. The molecule has 1 aromatic rings. The smallest absolute Gasteiger partial charge is 0.193 e. The Morgan fingerprint density at radius 3 is 2.11 bits per heavy atom. The molecule has 0 fully saturated rings. The predicted octanol–water partition coefficient (Wildman–Crippen LogP) is 3.34. The molecule has 0 N–H and O–H groups in total. The van der Waals surface area contributed by atoms with Gasteiger partial charge >= 0.3 is 0 Å². The summed E-state index contributed by atoms with van der Waals surface area (Å²) in [6, 6.07) is 10.2. The molecule has 1 rings (SSSR count). The minimum Gasteiger partial charge on any atom is -0.351 e. The molecular weight excluding hydrogens is 226 g/mol. The summed E-state index contributed by atoms with van der Waals surface area (Å²) in [6.07, 6.45) is 1.17. The van der Waals surface area contributed by atoms with Gasteiger partial charge in [0.2, 0.25) is 0 Å². The molecule has 1 aromatic carbocycles. The van der Waals surface area contributed by atoms with Crippen molar-refractivity contribution in [1.29, 1.82) is 5.26 Å². The molecule has 0 aliphatic rings. The first-order chi connectivity index (χ1) is 8.62. The van der Waals surface area contributed by atoms with E-state index in [-0.39, 0.29) is 0 Å². The molecule has 0 saturated heterocycles. The molecule has 0 unspecified atom stereocenters. The van der Waals surface area contributed by atoms with Crippen molar-refractivity contribution < 1.29 is 9.47 Å². The normalized spacial score (nSPS) is 11.9. The Kier molecular flexibility index (Phi) is 5.57. The molecule has 3 nitrogen and oxygen atoms in total. The van der Waals surface area contributed by atoms with Crippen molar-refractivity contribution in [2.24, 2.45) is 0 Å². The highest BCUT2D eigenvalue weighted by Crippen LogP contribution is 2.17. The molecular formula is C15H19NO2. The Bertz CT molecular complexity index is 437. The van der Waals surface area contributed by atoms with E-state index in [2.05, 4.69) is 32.0 Å². The van der Waals surface area contributed by atoms with Crippen LogP contribution in [0, 0.1) is 11.3 Å². The SMILES string of the molecule is COC(OC)/C(C#N)=C/c1ccc(C(C)C)cc1. The highest BCUT2D eigenvalue weighted by atomic mass is 16.7. The van der Waals surface area contributed by atoms with Crippen LogP contribution in [0.4, 0.5) is 0 Å². The van der Waals surface area contributed by atoms with Gasteiger partial charge in [-0.25, -0.2) is 0 Å². The van der Waals surface area contributed by atoms with Gasteiger partial charge in [-0.05, 0) is 23.1 Å². The zero-order valence-electron chi connectivity index (χ0n) is 11.3. The number of nitrogens with zero attached hydrogens (tertiary/aromatic N) is 1. The lowest BCUT2D eigenvalue weighted by atomic mass is 10.0. The number of benzene rings is 1. The molecule has 96 valence electrons. The van der Waals surface area contributed by atoms with Gasteiger partial charge in [0.1, 0.15) is 6.07 Å². The van der Waals surface area contributed by atoms with Gasteiger partial charge in [-0.3, -0.25) is 0 Å². The molecule has 0 aliphatic heterocycles. The maximum atomic E-state index is 9.08. The van der Waals surface area contributed by atoms with Crippen LogP contribution < -0.4 is 0 Å². The van der Waals surface area contributed by atoms with E-state index in [1.54, 1.807) is 6.08 Å². The first kappa shape index (κ1) is 14.4. The lowest BCUT2D eigenvalue weighted by Gasteiger charge is -2.12. The van der Waals surface area contributed by atoms with E-state index in [1.807, 2.05) is 12.1 Å². The fraction of sp³-hybridized carbons (Fsp3) is 0.400. The lowest BCUT2D eigenvalue weighted by Crippen LogP contribution is -2.14. The third-order valence-electron chi connectivity index (χ3n) is 2.74. The fourth-order valence-corrected chi connectivity index (χ4v) is 1.66. The summed E-state index contributed by atoms with van der Waals surface area (Å²) in [5.74, 6) is 0.504. The van der Waals surface area contributed by atoms with Gasteiger partial charge in [-0.15, -0.1) is 0 Å². The standard InChI is InChI=1S/C15H19NO2/c1-11(2)13-7-5-12(6-8-13)9-14(10-16)15(17-3)18-4/h5-9,11,15H,1-4H3/b14-9+. The summed E-state index contributed by atoms with van der Waals surface area (Å²) in [4.78, 5) is 0. The quantitative estimate of drug-likeness (QED) is 0.590. The summed E-state index contributed by atoms with van der Waals surface area (Å²) in [6.45, 7) is 4.30. The van der Waals surface area contributed by atoms with Crippen molar-refractivity contribution in [3.8, 4) is 6.07 Å². The number of hydrogen-bond acceptors (Lipinski definition) is 3. The van der Waals surface area contributed by atoms with Gasteiger partial charge in [-0.1, -0.05) is 38.1 Å². The number of hydrogen-bond donors (Lipinski definition) is 0. The van der Waals surface area contributed by atoms with Crippen LogP contribution in [0.3, 0.4) is 0 Å². The van der Waals surface area contributed by atoms with Crippen molar-refractivity contribution in [1.82, 2.24) is 0 Å². The van der Waals surface area contributed by atoms with Crippen molar-refractivity contribution in [3.05, 3.63) is 41.0 Å². The average molecular weight is 245 g/mol. The Labute approximate surface area is 109 Å². The minimum absolute atomic E-state index is 0.456. The monoisotopic (exact) mass is 245 g/mol. The molecule has 0 aliphatic carbocycles. The molecule has 0 heterocycles. The van der Waals surface area contributed by atoms with Gasteiger partial charge in [-0.2, -0.15) is 5.26 Å². The van der Waals surface area contributed by atoms with Crippen molar-refractivity contribution in [2.45, 2.75) is 26.1 Å². The third-order valence-corrected chi connectivity index (χ3v) is 2.74. The van der Waals surface area contributed by atoms with Crippen molar-refractivity contribution in [2.75, 3.05) is 14.2 Å². The molecule has 3 heteroatoms. The average Bonchev–Trinajstić information content (AvgIpc) is 2.39. The second-order valence-corrected chi connectivity index (χ2v) is 4.34. The van der Waals surface area contributed by atoms with Gasteiger partial charge in [0.15, 0.2) is 6.29 Å². The first-order valence-corrected chi connectivity index (χ1v) is 5.89. The van der Waals surface area contributed by atoms with Crippen molar-refractivity contribution >= 4 is 6.08 Å². The summed E-state index contributed by atoms with van der Waals surface area (Å²) in [7, 11) is 3.03. The molecule has 0 radical (unpaired) electrons. The second-order valence-electron chi connectivity index (χ2n) is 4.34. The Balaban J connectivity index is 2.96. The Morgan fingerprint density at radius 2 is 1.72 bits per heavy atom. The van der Waals surface area contributed by atoms with E-state index in [1.165, 1.54) is 19.8 Å². The Hall–Kier alpha value is -1.63. The second kappa shape index (κ2) is 6.95. The zero-order valence-corrected chi connectivity index (χ0v) is 11.3. The van der Waals surface area contributed by atoms with E-state index in [4.69, 9.17) is 14.7 Å². The van der Waals surface area contributed by atoms with E-state index >= 15 is 0 Å². The highest BCUT2D eigenvalue weighted by molar-refractivity contribution is 5.58. The molecule has 0 bridgehead atoms. The van der Waals surface area contributed by atoms with Gasteiger partial charge in [0.05, 0.1) is 5.57 Å². The number of rotatable bonds is 5. The first-order valence-electron chi connectivity index (χ1n) is 5.89. The summed E-state index contributed by atoms with van der Waals surface area (Å²) >= 11 is 0. The van der Waals surface area contributed by atoms with E-state index < -0.39 is 6.29 Å². The maximum Gasteiger partial charge on any atom is 0.193 e. The van der Waals surface area contributed by atoms with Gasteiger partial charge in [0.25, 0.3) is 0 Å². The van der Waals surface area contributed by atoms with Crippen LogP contribution in [0.25, 0.3) is 6.08 Å². The van der Waals surface area contributed by atoms with Gasteiger partial charge < -0.3 is 9.47 Å². The topological polar surface area (TPSA) is 42.2 Å². The summed E-state index contributed by atoms with van der Waals surface area (Å²) in [5, 5.41) is 9.08. The van der Waals surface area contributed by atoms with Crippen LogP contribution in [0.2, 0.25) is 0 Å². The minimum atomic E-state index is -0.611. The Morgan fingerprint density at radius 1 is 1.17 bits per heavy atom. The van der Waals surface area contributed by atoms with E-state index in [0.29, 0.717) is 11.5 Å². The van der Waals surface area contributed by atoms with E-state index in [0.717, 1.165) is 5.56 Å². The van der Waals surface area contributed by atoms with Gasteiger partial charge in [0, 0.05) is 14.2 Å². The molecule has 18 heavy (non-hydrogen) atoms. The summed E-state index contributed by atoms with van der Waals surface area (Å²) in [5.41, 5.74) is 2.70. The van der Waals surface area contributed by atoms with Crippen LogP contribution in [-0.4, -0.2) is 20.5 Å². The molecule has 0 amide bonds. The molecule has 0 atom stereocenters. The molecule has 0 saturated carbocycles. The number of ether oxygens (including phenoxy) is 2. The number of nitriles is 1. The van der Waals surface area contributed by atoms with Crippen LogP contribution in [0.5, 0.6) is 0 Å². The summed E-state index contributed by atoms with van der Waals surface area (Å²) < 4.78 is 10.1. The van der Waals surface area contributed by atoms with Crippen LogP contribution in [-0.2, 0) is 9.47 Å². The fourth-order valence-electron chi connectivity index (χ4n) is 1.66. The van der Waals surface area contributed by atoms with Crippen LogP contribution >= 0.6 is 0 Å². The largest absolute Gasteiger partial charge is 0.351 e. The van der Waals surface area contributed by atoms with Crippen LogP contribution in [0.15, 0.2) is 29.8 Å². The van der Waals surface area contributed by atoms with Crippen LogP contribution in [0.1, 0.15) is 30.9 Å². The predicted molar refractivity (Wildman–Crippen MR) is 71.9 cm³/mol.